The zero-order valence-corrected chi connectivity index (χ0v) is 15.4. The van der Waals surface area contributed by atoms with E-state index < -0.39 is 28.6 Å². The second kappa shape index (κ2) is 7.24. The van der Waals surface area contributed by atoms with Crippen molar-refractivity contribution >= 4 is 33.4 Å². The molecule has 0 fully saturated rings. The van der Waals surface area contributed by atoms with Crippen LogP contribution in [0.15, 0.2) is 50.7 Å². The Balaban J connectivity index is 1.83. The predicted octanol–water partition coefficient (Wildman–Crippen LogP) is 3.24. The summed E-state index contributed by atoms with van der Waals surface area (Å²) in [5.41, 5.74) is 0.501. The van der Waals surface area contributed by atoms with E-state index in [1.807, 2.05) is 0 Å². The maximum absolute atomic E-state index is 13.9. The maximum atomic E-state index is 13.9. The van der Waals surface area contributed by atoms with Gasteiger partial charge in [0.2, 0.25) is 0 Å². The number of thiazole rings is 1. The van der Waals surface area contributed by atoms with Gasteiger partial charge in [-0.3, -0.25) is 14.2 Å². The van der Waals surface area contributed by atoms with E-state index in [-0.39, 0.29) is 32.5 Å². The van der Waals surface area contributed by atoms with Crippen molar-refractivity contribution in [2.24, 2.45) is 0 Å². The van der Waals surface area contributed by atoms with Gasteiger partial charge in [-0.15, -0.1) is 11.3 Å². The Kier molecular flexibility index (Phi) is 4.77. The first-order chi connectivity index (χ1) is 13.4. The number of hydrogen-bond acceptors (Lipinski definition) is 6. The summed E-state index contributed by atoms with van der Waals surface area (Å²) in [7, 11) is 0. The van der Waals surface area contributed by atoms with E-state index >= 15 is 0 Å². The molecule has 28 heavy (non-hydrogen) atoms. The van der Waals surface area contributed by atoms with Gasteiger partial charge in [-0.25, -0.2) is 23.1 Å². The van der Waals surface area contributed by atoms with Gasteiger partial charge in [0.1, 0.15) is 16.3 Å². The first-order valence-electron chi connectivity index (χ1n) is 7.75. The third kappa shape index (κ3) is 3.34. The van der Waals surface area contributed by atoms with Crippen molar-refractivity contribution in [1.29, 1.82) is 0 Å². The van der Waals surface area contributed by atoms with Gasteiger partial charge in [-0.2, -0.15) is 0 Å². The zero-order chi connectivity index (χ0) is 19.8. The summed E-state index contributed by atoms with van der Waals surface area (Å²) in [6.45, 7) is 0. The minimum Gasteiger partial charge on any atom is -0.324 e. The van der Waals surface area contributed by atoms with E-state index in [4.69, 9.17) is 0 Å². The van der Waals surface area contributed by atoms with Crippen LogP contribution in [0.4, 0.5) is 13.2 Å². The molecule has 0 aliphatic heterocycles. The van der Waals surface area contributed by atoms with E-state index in [2.05, 4.69) is 15.0 Å². The fraction of sp³-hybridized carbons (Fsp3) is 0.0588. The third-order valence-corrected chi connectivity index (χ3v) is 5.60. The summed E-state index contributed by atoms with van der Waals surface area (Å²) in [5.74, 6) is -2.45. The van der Waals surface area contributed by atoms with Crippen LogP contribution in [0.1, 0.15) is 5.56 Å². The summed E-state index contributed by atoms with van der Waals surface area (Å²) in [4.78, 5) is 34.7. The Labute approximate surface area is 162 Å². The summed E-state index contributed by atoms with van der Waals surface area (Å²) < 4.78 is 42.1. The maximum Gasteiger partial charge on any atom is 0.284 e. The Hall–Kier alpha value is -2.92. The molecule has 1 aromatic carbocycles. The molecule has 0 aliphatic carbocycles. The van der Waals surface area contributed by atoms with Crippen molar-refractivity contribution in [3.05, 3.63) is 79.7 Å². The van der Waals surface area contributed by atoms with Crippen molar-refractivity contribution in [3.8, 4) is 5.69 Å². The number of hydrogen-bond donors (Lipinski definition) is 1. The highest BCUT2D eigenvalue weighted by Gasteiger charge is 2.17. The van der Waals surface area contributed by atoms with Gasteiger partial charge < -0.3 is 4.98 Å². The number of nitrogens with one attached hydrogen (secondary N) is 1. The molecule has 4 aromatic rings. The van der Waals surface area contributed by atoms with Crippen molar-refractivity contribution < 1.29 is 13.2 Å². The average Bonchev–Trinajstić information content (AvgIpc) is 3.12. The van der Waals surface area contributed by atoms with Gasteiger partial charge in [0.25, 0.3) is 11.1 Å². The molecular formula is C17H9F3N4O2S2. The van der Waals surface area contributed by atoms with Crippen LogP contribution in [-0.4, -0.2) is 19.5 Å². The smallest absolute Gasteiger partial charge is 0.284 e. The fourth-order valence-corrected chi connectivity index (χ4v) is 4.12. The Morgan fingerprint density at radius 1 is 1.14 bits per heavy atom. The summed E-state index contributed by atoms with van der Waals surface area (Å²) in [6, 6.07) is 4.09. The van der Waals surface area contributed by atoms with Crippen molar-refractivity contribution in [1.82, 2.24) is 19.5 Å². The molecule has 0 unspecified atom stereocenters. The molecule has 0 radical (unpaired) electrons. The molecule has 0 saturated heterocycles. The number of halogens is 3. The van der Waals surface area contributed by atoms with Crippen molar-refractivity contribution in [2.75, 3.05) is 0 Å². The van der Waals surface area contributed by atoms with Gasteiger partial charge in [-0.05, 0) is 11.6 Å². The summed E-state index contributed by atoms with van der Waals surface area (Å²) in [5, 5.41) is 0.124. The quantitative estimate of drug-likeness (QED) is 0.403. The average molecular weight is 422 g/mol. The van der Waals surface area contributed by atoms with E-state index in [0.29, 0.717) is 0 Å². The van der Waals surface area contributed by atoms with E-state index in [1.165, 1.54) is 17.8 Å². The number of benzene rings is 1. The Morgan fingerprint density at radius 2 is 1.96 bits per heavy atom. The van der Waals surface area contributed by atoms with Crippen LogP contribution in [-0.2, 0) is 5.75 Å². The third-order valence-electron chi connectivity index (χ3n) is 3.81. The minimum atomic E-state index is -1.06. The van der Waals surface area contributed by atoms with Crippen LogP contribution >= 0.6 is 23.1 Å². The molecule has 0 saturated carbocycles. The van der Waals surface area contributed by atoms with Crippen LogP contribution in [0.2, 0.25) is 0 Å². The number of fused-ring (bicyclic) bond motifs is 1. The standard InChI is InChI=1S/C17H9F3N4O2S2/c18-9-2-1-8(11(19)3-9)6-27-17-23-14-13(28-7-22-14)16(26)24(17)10-4-12(20)15(25)21-5-10/h1-5,7H,6H2,(H,21,25). The molecule has 0 atom stereocenters. The van der Waals surface area contributed by atoms with Crippen LogP contribution < -0.4 is 11.1 Å². The number of rotatable bonds is 4. The minimum absolute atomic E-state index is 0.0417. The van der Waals surface area contributed by atoms with E-state index in [9.17, 15) is 22.8 Å². The molecule has 3 heterocycles. The Morgan fingerprint density at radius 3 is 2.71 bits per heavy atom. The number of aromatic amines is 1. The lowest BCUT2D eigenvalue weighted by atomic mass is 10.2. The fourth-order valence-electron chi connectivity index (χ4n) is 2.48. The molecule has 0 spiro atoms. The van der Waals surface area contributed by atoms with Gasteiger partial charge in [0.15, 0.2) is 16.6 Å². The number of pyridine rings is 1. The van der Waals surface area contributed by atoms with Crippen molar-refractivity contribution in [3.63, 3.8) is 0 Å². The van der Waals surface area contributed by atoms with Crippen LogP contribution in [0.3, 0.4) is 0 Å². The molecule has 3 aromatic heterocycles. The molecule has 4 rings (SSSR count). The molecule has 0 bridgehead atoms. The Bertz CT molecular complexity index is 1320. The monoisotopic (exact) mass is 422 g/mol. The SMILES string of the molecule is O=c1[nH]cc(-n2c(SCc3ccc(F)cc3F)nc3ncsc3c2=O)cc1F. The van der Waals surface area contributed by atoms with Crippen LogP contribution in [0, 0.1) is 17.5 Å². The first kappa shape index (κ1) is 18.4. The molecule has 0 aliphatic rings. The van der Waals surface area contributed by atoms with Gasteiger partial charge in [0.05, 0.1) is 11.2 Å². The lowest BCUT2D eigenvalue weighted by Gasteiger charge is -2.11. The molecule has 6 nitrogen and oxygen atoms in total. The topological polar surface area (TPSA) is 80.6 Å². The van der Waals surface area contributed by atoms with Crippen LogP contribution in [0.25, 0.3) is 16.0 Å². The predicted molar refractivity (Wildman–Crippen MR) is 99.5 cm³/mol. The zero-order valence-electron chi connectivity index (χ0n) is 13.8. The number of aromatic nitrogens is 4. The number of H-pyrrole nitrogens is 1. The molecule has 0 amide bonds. The lowest BCUT2D eigenvalue weighted by molar-refractivity contribution is 0.576. The van der Waals surface area contributed by atoms with Gasteiger partial charge >= 0.3 is 0 Å². The van der Waals surface area contributed by atoms with Gasteiger partial charge in [-0.1, -0.05) is 17.8 Å². The van der Waals surface area contributed by atoms with Crippen molar-refractivity contribution in [2.45, 2.75) is 10.9 Å². The normalized spacial score (nSPS) is 11.2. The second-order valence-corrected chi connectivity index (χ2v) is 7.40. The highest BCUT2D eigenvalue weighted by atomic mass is 32.2. The summed E-state index contributed by atoms with van der Waals surface area (Å²) >= 11 is 2.07. The molecule has 1 N–H and O–H groups in total. The first-order valence-corrected chi connectivity index (χ1v) is 9.62. The highest BCUT2D eigenvalue weighted by Crippen LogP contribution is 2.26. The molecular weight excluding hydrogens is 413 g/mol. The molecule has 11 heteroatoms. The second-order valence-electron chi connectivity index (χ2n) is 5.60. The van der Waals surface area contributed by atoms with Gasteiger partial charge in [0, 0.05) is 24.1 Å². The molecule has 142 valence electrons. The van der Waals surface area contributed by atoms with E-state index in [1.54, 1.807) is 0 Å². The van der Waals surface area contributed by atoms with E-state index in [0.717, 1.165) is 45.9 Å². The number of thioether (sulfide) groups is 1. The largest absolute Gasteiger partial charge is 0.324 e. The lowest BCUT2D eigenvalue weighted by Crippen LogP contribution is -2.23. The number of nitrogens with zero attached hydrogens (tertiary/aromatic N) is 3. The highest BCUT2D eigenvalue weighted by molar-refractivity contribution is 7.98. The van der Waals surface area contributed by atoms with Crippen LogP contribution in [0.5, 0.6) is 0 Å². The summed E-state index contributed by atoms with van der Waals surface area (Å²) in [6.07, 6.45) is 1.18.